The molecule has 1 amide bonds. The number of benzene rings is 2. The number of ether oxygens (including phenoxy) is 1. The van der Waals surface area contributed by atoms with Gasteiger partial charge in [0, 0.05) is 12.0 Å². The van der Waals surface area contributed by atoms with Crippen LogP contribution >= 0.6 is 0 Å². The summed E-state index contributed by atoms with van der Waals surface area (Å²) in [5.41, 5.74) is 0.943. The highest BCUT2D eigenvalue weighted by atomic mass is 16.5. The Morgan fingerprint density at radius 3 is 2.52 bits per heavy atom. The zero-order chi connectivity index (χ0) is 19.4. The summed E-state index contributed by atoms with van der Waals surface area (Å²) in [4.78, 5) is 35.2. The van der Waals surface area contributed by atoms with Crippen molar-refractivity contribution in [1.82, 2.24) is 5.32 Å². The molecule has 0 aliphatic heterocycles. The summed E-state index contributed by atoms with van der Waals surface area (Å²) in [6, 6.07) is 13.2. The van der Waals surface area contributed by atoms with Gasteiger partial charge in [0.1, 0.15) is 17.9 Å². The molecule has 3 rings (SSSR count). The quantitative estimate of drug-likeness (QED) is 0.528. The standard InChI is InChI=1S/C20H17NO6/c1-26-17(22)11-21-19(24)13-8-6-12(7-9-13)10-15-18(23)14-4-2-3-5-16(14)27-20(15)25/h2-9,23H,10-11H2,1H3,(H,21,24). The van der Waals surface area contributed by atoms with Crippen LogP contribution in [-0.4, -0.2) is 30.6 Å². The predicted molar refractivity (Wildman–Crippen MR) is 97.7 cm³/mol. The zero-order valence-electron chi connectivity index (χ0n) is 14.5. The molecule has 3 aromatic rings. The van der Waals surface area contributed by atoms with Gasteiger partial charge in [0.25, 0.3) is 5.91 Å². The van der Waals surface area contributed by atoms with E-state index in [1.165, 1.54) is 7.11 Å². The molecule has 0 fully saturated rings. The molecule has 2 N–H and O–H groups in total. The van der Waals surface area contributed by atoms with Crippen molar-refractivity contribution < 1.29 is 23.8 Å². The first kappa shape index (κ1) is 18.2. The smallest absolute Gasteiger partial charge is 0.343 e. The van der Waals surface area contributed by atoms with Gasteiger partial charge in [-0.15, -0.1) is 0 Å². The van der Waals surface area contributed by atoms with Crippen LogP contribution in [0.3, 0.4) is 0 Å². The molecule has 0 bridgehead atoms. The average Bonchev–Trinajstić information content (AvgIpc) is 2.69. The molecule has 138 valence electrons. The second kappa shape index (κ2) is 7.74. The van der Waals surface area contributed by atoms with Gasteiger partial charge in [-0.1, -0.05) is 24.3 Å². The Kier molecular flexibility index (Phi) is 5.21. The van der Waals surface area contributed by atoms with Crippen molar-refractivity contribution in [2.75, 3.05) is 13.7 Å². The largest absolute Gasteiger partial charge is 0.507 e. The number of carbonyl (C=O) groups excluding carboxylic acids is 2. The van der Waals surface area contributed by atoms with Crippen LogP contribution in [-0.2, 0) is 16.0 Å². The Labute approximate surface area is 154 Å². The van der Waals surface area contributed by atoms with E-state index in [-0.39, 0.29) is 24.3 Å². The van der Waals surface area contributed by atoms with E-state index in [0.717, 1.165) is 5.56 Å². The fourth-order valence-electron chi connectivity index (χ4n) is 2.63. The number of methoxy groups -OCH3 is 1. The van der Waals surface area contributed by atoms with Crippen LogP contribution in [0.4, 0.5) is 0 Å². The molecule has 1 aromatic heterocycles. The van der Waals surface area contributed by atoms with Crippen molar-refractivity contribution >= 4 is 22.8 Å². The van der Waals surface area contributed by atoms with Gasteiger partial charge in [-0.05, 0) is 29.8 Å². The molecule has 2 aromatic carbocycles. The number of nitrogens with one attached hydrogen (secondary N) is 1. The van der Waals surface area contributed by atoms with E-state index in [9.17, 15) is 19.5 Å². The summed E-state index contributed by atoms with van der Waals surface area (Å²) >= 11 is 0. The minimum absolute atomic E-state index is 0.109. The highest BCUT2D eigenvalue weighted by Gasteiger charge is 2.15. The number of hydrogen-bond acceptors (Lipinski definition) is 6. The maximum atomic E-state index is 12.2. The molecule has 7 nitrogen and oxygen atoms in total. The van der Waals surface area contributed by atoms with Gasteiger partial charge in [0.05, 0.1) is 18.1 Å². The fraction of sp³-hybridized carbons (Fsp3) is 0.150. The zero-order valence-corrected chi connectivity index (χ0v) is 14.5. The molecule has 0 atom stereocenters. The van der Waals surface area contributed by atoms with Gasteiger partial charge in [-0.2, -0.15) is 0 Å². The lowest BCUT2D eigenvalue weighted by Crippen LogP contribution is -2.30. The van der Waals surface area contributed by atoms with Crippen LogP contribution < -0.4 is 10.9 Å². The van der Waals surface area contributed by atoms with Crippen LogP contribution in [0.2, 0.25) is 0 Å². The van der Waals surface area contributed by atoms with E-state index in [4.69, 9.17) is 4.42 Å². The van der Waals surface area contributed by atoms with Gasteiger partial charge in [-0.25, -0.2) is 4.79 Å². The van der Waals surface area contributed by atoms with Crippen molar-refractivity contribution in [3.8, 4) is 5.75 Å². The van der Waals surface area contributed by atoms with E-state index in [0.29, 0.717) is 16.5 Å². The van der Waals surface area contributed by atoms with E-state index in [2.05, 4.69) is 10.1 Å². The Morgan fingerprint density at radius 1 is 1.11 bits per heavy atom. The van der Waals surface area contributed by atoms with Crippen molar-refractivity contribution in [1.29, 1.82) is 0 Å². The molecule has 0 saturated carbocycles. The molecule has 0 unspecified atom stereocenters. The third-order valence-corrected chi connectivity index (χ3v) is 4.10. The lowest BCUT2D eigenvalue weighted by molar-refractivity contribution is -0.139. The molecule has 1 heterocycles. The highest BCUT2D eigenvalue weighted by Crippen LogP contribution is 2.27. The number of fused-ring (bicyclic) bond motifs is 1. The third kappa shape index (κ3) is 3.98. The van der Waals surface area contributed by atoms with Gasteiger partial charge in [0.15, 0.2) is 0 Å². The summed E-state index contributed by atoms with van der Waals surface area (Å²) in [6.07, 6.45) is 0.156. The molecule has 0 saturated heterocycles. The summed E-state index contributed by atoms with van der Waals surface area (Å²) < 4.78 is 9.71. The molecular formula is C20H17NO6. The first-order valence-corrected chi connectivity index (χ1v) is 8.17. The lowest BCUT2D eigenvalue weighted by Gasteiger charge is -2.08. The Balaban J connectivity index is 1.79. The Bertz CT molecular complexity index is 1050. The number of carbonyl (C=O) groups is 2. The van der Waals surface area contributed by atoms with Gasteiger partial charge in [0.2, 0.25) is 0 Å². The Morgan fingerprint density at radius 2 is 1.81 bits per heavy atom. The van der Waals surface area contributed by atoms with Crippen LogP contribution in [0.15, 0.2) is 57.7 Å². The number of para-hydroxylation sites is 1. The summed E-state index contributed by atoms with van der Waals surface area (Å²) in [7, 11) is 1.24. The molecule has 7 heteroatoms. The second-order valence-corrected chi connectivity index (χ2v) is 5.85. The van der Waals surface area contributed by atoms with Crippen LogP contribution in [0, 0.1) is 0 Å². The topological polar surface area (TPSA) is 106 Å². The van der Waals surface area contributed by atoms with Crippen molar-refractivity contribution in [3.05, 3.63) is 75.6 Å². The number of esters is 1. The molecule has 27 heavy (non-hydrogen) atoms. The molecule has 0 aliphatic carbocycles. The molecule has 0 spiro atoms. The summed E-state index contributed by atoms with van der Waals surface area (Å²) in [6.45, 7) is -0.219. The van der Waals surface area contributed by atoms with Gasteiger partial charge in [-0.3, -0.25) is 9.59 Å². The molecule has 0 radical (unpaired) electrons. The maximum Gasteiger partial charge on any atom is 0.343 e. The van der Waals surface area contributed by atoms with E-state index < -0.39 is 17.5 Å². The predicted octanol–water partition coefficient (Wildman–Crippen LogP) is 1.99. The number of amides is 1. The first-order chi connectivity index (χ1) is 13.0. The molecule has 0 aliphatic rings. The molecular weight excluding hydrogens is 350 g/mol. The van der Waals surface area contributed by atoms with Gasteiger partial charge >= 0.3 is 11.6 Å². The minimum atomic E-state index is -0.605. The van der Waals surface area contributed by atoms with Crippen LogP contribution in [0.1, 0.15) is 21.5 Å². The average molecular weight is 367 g/mol. The highest BCUT2D eigenvalue weighted by molar-refractivity contribution is 5.95. The van der Waals surface area contributed by atoms with Crippen molar-refractivity contribution in [3.63, 3.8) is 0 Å². The van der Waals surface area contributed by atoms with Crippen molar-refractivity contribution in [2.45, 2.75) is 6.42 Å². The second-order valence-electron chi connectivity index (χ2n) is 5.85. The lowest BCUT2D eigenvalue weighted by atomic mass is 10.0. The maximum absolute atomic E-state index is 12.2. The van der Waals surface area contributed by atoms with E-state index >= 15 is 0 Å². The minimum Gasteiger partial charge on any atom is -0.507 e. The first-order valence-electron chi connectivity index (χ1n) is 8.17. The number of rotatable bonds is 5. The summed E-state index contributed by atoms with van der Waals surface area (Å²) in [5.74, 6) is -1.07. The SMILES string of the molecule is COC(=O)CNC(=O)c1ccc(Cc2c(O)c3ccccc3oc2=O)cc1. The van der Waals surface area contributed by atoms with Crippen LogP contribution in [0.25, 0.3) is 11.0 Å². The number of aromatic hydroxyl groups is 1. The number of hydrogen-bond donors (Lipinski definition) is 2. The van der Waals surface area contributed by atoms with Crippen molar-refractivity contribution in [2.24, 2.45) is 0 Å². The monoisotopic (exact) mass is 367 g/mol. The van der Waals surface area contributed by atoms with E-state index in [1.54, 1.807) is 48.5 Å². The normalized spacial score (nSPS) is 10.6. The Hall–Kier alpha value is -3.61. The van der Waals surface area contributed by atoms with Crippen LogP contribution in [0.5, 0.6) is 5.75 Å². The fourth-order valence-corrected chi connectivity index (χ4v) is 2.63. The van der Waals surface area contributed by atoms with E-state index in [1.807, 2.05) is 0 Å². The third-order valence-electron chi connectivity index (χ3n) is 4.10. The van der Waals surface area contributed by atoms with Gasteiger partial charge < -0.3 is 19.6 Å². The summed E-state index contributed by atoms with van der Waals surface area (Å²) in [5, 5.41) is 13.3.